The zero-order valence-corrected chi connectivity index (χ0v) is 17.9. The van der Waals surface area contributed by atoms with Crippen LogP contribution in [-0.4, -0.2) is 65.8 Å². The first-order chi connectivity index (χ1) is 15.1. The van der Waals surface area contributed by atoms with E-state index < -0.39 is 0 Å². The maximum Gasteiger partial charge on any atom is 0.227 e. The number of nitrogens with zero attached hydrogens (tertiary/aromatic N) is 3. The Morgan fingerprint density at radius 2 is 1.58 bits per heavy atom. The zero-order chi connectivity index (χ0) is 21.6. The molecule has 2 amide bonds. The molecule has 0 bridgehead atoms. The molecule has 2 aromatic rings. The molecule has 1 aliphatic heterocycles. The third kappa shape index (κ3) is 6.14. The molecule has 2 fully saturated rings. The van der Waals surface area contributed by atoms with E-state index in [2.05, 4.69) is 4.90 Å². The van der Waals surface area contributed by atoms with Crippen LogP contribution in [0.1, 0.15) is 24.0 Å². The van der Waals surface area contributed by atoms with Crippen molar-refractivity contribution < 1.29 is 14.0 Å². The van der Waals surface area contributed by atoms with Crippen molar-refractivity contribution in [2.24, 2.45) is 5.92 Å². The van der Waals surface area contributed by atoms with Gasteiger partial charge in [-0.25, -0.2) is 4.39 Å². The predicted octanol–water partition coefficient (Wildman–Crippen LogP) is 2.95. The number of piperazine rings is 1. The molecule has 0 aromatic heterocycles. The summed E-state index contributed by atoms with van der Waals surface area (Å²) in [4.78, 5) is 31.5. The highest BCUT2D eigenvalue weighted by atomic mass is 19.1. The lowest BCUT2D eigenvalue weighted by atomic mass is 10.1. The standard InChI is InChI=1S/C25H30FN3O2/c26-23-10-6-21(7-11-23)19-29(24(30)18-20-4-2-1-3-5-20)17-14-27-12-15-28(16-13-27)25(31)22-8-9-22/h1-7,10-11,22H,8-9,12-19H2. The molecule has 4 rings (SSSR count). The second kappa shape index (κ2) is 10.1. The Hall–Kier alpha value is -2.73. The number of halogens is 1. The SMILES string of the molecule is O=C(Cc1ccccc1)N(CCN1CCN(C(=O)C2CC2)CC1)Cc1ccc(F)cc1. The van der Waals surface area contributed by atoms with Gasteiger partial charge in [0.15, 0.2) is 0 Å². The number of hydrogen-bond donors (Lipinski definition) is 0. The minimum Gasteiger partial charge on any atom is -0.340 e. The summed E-state index contributed by atoms with van der Waals surface area (Å²) in [7, 11) is 0. The van der Waals surface area contributed by atoms with Gasteiger partial charge in [-0.05, 0) is 36.1 Å². The van der Waals surface area contributed by atoms with E-state index in [1.54, 1.807) is 12.1 Å². The summed E-state index contributed by atoms with van der Waals surface area (Å²) in [5, 5.41) is 0. The average molecular weight is 424 g/mol. The lowest BCUT2D eigenvalue weighted by Gasteiger charge is -2.36. The number of benzene rings is 2. The number of hydrogen-bond acceptors (Lipinski definition) is 3. The Kier molecular flexibility index (Phi) is 6.97. The molecule has 0 atom stereocenters. The molecule has 1 heterocycles. The minimum atomic E-state index is -0.274. The number of amides is 2. The Morgan fingerprint density at radius 1 is 0.903 bits per heavy atom. The van der Waals surface area contributed by atoms with E-state index in [-0.39, 0.29) is 17.6 Å². The number of carbonyl (C=O) groups is 2. The maximum absolute atomic E-state index is 13.3. The van der Waals surface area contributed by atoms with Crippen molar-refractivity contribution in [2.45, 2.75) is 25.8 Å². The highest BCUT2D eigenvalue weighted by Crippen LogP contribution is 2.31. The molecule has 31 heavy (non-hydrogen) atoms. The van der Waals surface area contributed by atoms with Gasteiger partial charge in [-0.1, -0.05) is 42.5 Å². The molecule has 0 N–H and O–H groups in total. The quantitative estimate of drug-likeness (QED) is 0.656. The van der Waals surface area contributed by atoms with Gasteiger partial charge in [0, 0.05) is 51.7 Å². The molecule has 5 nitrogen and oxygen atoms in total. The van der Waals surface area contributed by atoms with E-state index in [1.807, 2.05) is 40.1 Å². The summed E-state index contributed by atoms with van der Waals surface area (Å²) in [5.41, 5.74) is 1.91. The minimum absolute atomic E-state index is 0.0677. The van der Waals surface area contributed by atoms with Gasteiger partial charge in [0.1, 0.15) is 5.82 Å². The van der Waals surface area contributed by atoms with Gasteiger partial charge < -0.3 is 9.80 Å². The molecule has 1 aliphatic carbocycles. The molecular weight excluding hydrogens is 393 g/mol. The van der Waals surface area contributed by atoms with E-state index in [4.69, 9.17) is 0 Å². The summed E-state index contributed by atoms with van der Waals surface area (Å²) < 4.78 is 13.3. The van der Waals surface area contributed by atoms with Crippen LogP contribution in [0.4, 0.5) is 4.39 Å². The van der Waals surface area contributed by atoms with Crippen LogP contribution in [0.15, 0.2) is 54.6 Å². The predicted molar refractivity (Wildman–Crippen MR) is 118 cm³/mol. The first kappa shape index (κ1) is 21.5. The number of carbonyl (C=O) groups excluding carboxylic acids is 2. The fourth-order valence-corrected chi connectivity index (χ4v) is 4.03. The molecule has 2 aromatic carbocycles. The van der Waals surface area contributed by atoms with E-state index >= 15 is 0 Å². The van der Waals surface area contributed by atoms with Crippen LogP contribution >= 0.6 is 0 Å². The van der Waals surface area contributed by atoms with Crippen LogP contribution in [0.25, 0.3) is 0 Å². The molecule has 0 unspecified atom stereocenters. The lowest BCUT2D eigenvalue weighted by molar-refractivity contribution is -0.134. The first-order valence-electron chi connectivity index (χ1n) is 11.2. The topological polar surface area (TPSA) is 43.9 Å². The second-order valence-electron chi connectivity index (χ2n) is 8.55. The van der Waals surface area contributed by atoms with Crippen LogP contribution < -0.4 is 0 Å². The van der Waals surface area contributed by atoms with Gasteiger partial charge in [-0.3, -0.25) is 14.5 Å². The summed E-state index contributed by atoms with van der Waals surface area (Å²) in [6.45, 7) is 5.07. The van der Waals surface area contributed by atoms with Gasteiger partial charge in [-0.15, -0.1) is 0 Å². The Labute approximate surface area is 183 Å². The molecule has 6 heteroatoms. The van der Waals surface area contributed by atoms with E-state index in [9.17, 15) is 14.0 Å². The smallest absolute Gasteiger partial charge is 0.227 e. The van der Waals surface area contributed by atoms with Gasteiger partial charge in [0.05, 0.1) is 6.42 Å². The molecule has 1 saturated carbocycles. The molecule has 1 saturated heterocycles. The van der Waals surface area contributed by atoms with E-state index in [1.165, 1.54) is 12.1 Å². The van der Waals surface area contributed by atoms with Crippen LogP contribution in [0, 0.1) is 11.7 Å². The normalized spacial score (nSPS) is 16.9. The van der Waals surface area contributed by atoms with E-state index in [0.29, 0.717) is 25.4 Å². The fraction of sp³-hybridized carbons (Fsp3) is 0.440. The first-order valence-corrected chi connectivity index (χ1v) is 11.2. The summed E-state index contributed by atoms with van der Waals surface area (Å²) in [6.07, 6.45) is 2.44. The highest BCUT2D eigenvalue weighted by molar-refractivity contribution is 5.81. The summed E-state index contributed by atoms with van der Waals surface area (Å²) >= 11 is 0. The van der Waals surface area contributed by atoms with Gasteiger partial charge in [0.2, 0.25) is 11.8 Å². The second-order valence-corrected chi connectivity index (χ2v) is 8.55. The van der Waals surface area contributed by atoms with Crippen molar-refractivity contribution in [3.8, 4) is 0 Å². The third-order valence-electron chi connectivity index (χ3n) is 6.13. The Bertz CT molecular complexity index is 875. The van der Waals surface area contributed by atoms with Crippen molar-refractivity contribution in [2.75, 3.05) is 39.3 Å². The largest absolute Gasteiger partial charge is 0.340 e. The molecule has 164 valence electrons. The van der Waals surface area contributed by atoms with Gasteiger partial charge in [0.25, 0.3) is 0 Å². The Balaban J connectivity index is 1.34. The summed E-state index contributed by atoms with van der Waals surface area (Å²) in [5.74, 6) is 0.381. The van der Waals surface area contributed by atoms with Crippen molar-refractivity contribution in [1.82, 2.24) is 14.7 Å². The average Bonchev–Trinajstić information content (AvgIpc) is 3.64. The monoisotopic (exact) mass is 423 g/mol. The zero-order valence-electron chi connectivity index (χ0n) is 17.9. The third-order valence-corrected chi connectivity index (χ3v) is 6.13. The number of rotatable bonds is 8. The van der Waals surface area contributed by atoms with Crippen molar-refractivity contribution in [3.05, 3.63) is 71.5 Å². The van der Waals surface area contributed by atoms with Crippen LogP contribution in [-0.2, 0) is 22.6 Å². The lowest BCUT2D eigenvalue weighted by Crippen LogP contribution is -2.51. The van der Waals surface area contributed by atoms with Crippen LogP contribution in [0.2, 0.25) is 0 Å². The fourth-order valence-electron chi connectivity index (χ4n) is 4.03. The van der Waals surface area contributed by atoms with Crippen LogP contribution in [0.5, 0.6) is 0 Å². The molecular formula is C25H30FN3O2. The van der Waals surface area contributed by atoms with E-state index in [0.717, 1.165) is 56.7 Å². The maximum atomic E-state index is 13.3. The van der Waals surface area contributed by atoms with Gasteiger partial charge in [-0.2, -0.15) is 0 Å². The van der Waals surface area contributed by atoms with Gasteiger partial charge >= 0.3 is 0 Å². The van der Waals surface area contributed by atoms with Crippen LogP contribution in [0.3, 0.4) is 0 Å². The summed E-state index contributed by atoms with van der Waals surface area (Å²) in [6, 6.07) is 16.1. The van der Waals surface area contributed by atoms with Crippen molar-refractivity contribution in [1.29, 1.82) is 0 Å². The highest BCUT2D eigenvalue weighted by Gasteiger charge is 2.34. The van der Waals surface area contributed by atoms with Crippen molar-refractivity contribution in [3.63, 3.8) is 0 Å². The molecule has 0 radical (unpaired) electrons. The molecule has 0 spiro atoms. The molecule has 2 aliphatic rings. The van der Waals surface area contributed by atoms with Crippen molar-refractivity contribution >= 4 is 11.8 Å². The Morgan fingerprint density at radius 3 is 2.23 bits per heavy atom.